The van der Waals surface area contributed by atoms with Crippen LogP contribution in [0.1, 0.15) is 17.3 Å². The highest BCUT2D eigenvalue weighted by atomic mass is 16.4. The van der Waals surface area contributed by atoms with Gasteiger partial charge in [-0.25, -0.2) is 5.43 Å². The van der Waals surface area contributed by atoms with Crippen LogP contribution in [0.5, 0.6) is 0 Å². The molecule has 4 N–H and O–H groups in total. The molecule has 1 amide bonds. The van der Waals surface area contributed by atoms with Gasteiger partial charge in [0.15, 0.2) is 0 Å². The minimum Gasteiger partial charge on any atom is -0.480 e. The second kappa shape index (κ2) is 9.80. The molecule has 1 atom stereocenters. The van der Waals surface area contributed by atoms with Crippen molar-refractivity contribution >= 4 is 17.6 Å². The smallest absolute Gasteiger partial charge is 0.320 e. The van der Waals surface area contributed by atoms with E-state index in [2.05, 4.69) is 15.8 Å². The van der Waals surface area contributed by atoms with E-state index in [1.54, 1.807) is 36.4 Å². The Morgan fingerprint density at radius 1 is 1.04 bits per heavy atom. The summed E-state index contributed by atoms with van der Waals surface area (Å²) >= 11 is 0. The van der Waals surface area contributed by atoms with E-state index in [1.165, 1.54) is 6.92 Å². The molecule has 0 spiro atoms. The summed E-state index contributed by atoms with van der Waals surface area (Å²) in [6.07, 6.45) is 0. The van der Waals surface area contributed by atoms with Gasteiger partial charge in [0, 0.05) is 5.56 Å². The second-order valence-corrected chi connectivity index (χ2v) is 4.47. The Morgan fingerprint density at radius 2 is 1.52 bits per heavy atom. The zero-order chi connectivity index (χ0) is 17.1. The predicted octanol–water partition coefficient (Wildman–Crippen LogP) is 2.53. The van der Waals surface area contributed by atoms with Gasteiger partial charge in [-0.2, -0.15) is 0 Å². The molecule has 23 heavy (non-hydrogen) atoms. The van der Waals surface area contributed by atoms with Crippen LogP contribution >= 0.6 is 0 Å². The molecule has 7 nitrogen and oxygen atoms in total. The summed E-state index contributed by atoms with van der Waals surface area (Å²) in [6, 6.07) is 17.3. The van der Waals surface area contributed by atoms with Crippen LogP contribution < -0.4 is 11.2 Å². The van der Waals surface area contributed by atoms with Gasteiger partial charge in [-0.1, -0.05) is 41.6 Å². The van der Waals surface area contributed by atoms with Crippen molar-refractivity contribution in [2.24, 2.45) is 16.1 Å². The highest BCUT2D eigenvalue weighted by molar-refractivity contribution is 5.93. The monoisotopic (exact) mass is 314 g/mol. The van der Waals surface area contributed by atoms with Gasteiger partial charge in [0.05, 0.1) is 5.69 Å². The van der Waals surface area contributed by atoms with Gasteiger partial charge < -0.3 is 10.8 Å². The molecule has 0 heterocycles. The Balaban J connectivity index is 0.000000379. The molecule has 0 radical (unpaired) electrons. The van der Waals surface area contributed by atoms with E-state index in [1.807, 2.05) is 24.3 Å². The third-order valence-electron chi connectivity index (χ3n) is 2.50. The van der Waals surface area contributed by atoms with Crippen LogP contribution in [0.25, 0.3) is 0 Å². The lowest BCUT2D eigenvalue weighted by Gasteiger charge is -1.97. The van der Waals surface area contributed by atoms with Crippen molar-refractivity contribution in [3.8, 4) is 0 Å². The van der Waals surface area contributed by atoms with Crippen LogP contribution in [0.3, 0.4) is 0 Å². The SMILES string of the molecule is CC(N)C(=O)O.O=C(NN=Nc1ccccc1)c1ccccc1. The van der Waals surface area contributed by atoms with Crippen LogP contribution in [0.4, 0.5) is 5.69 Å². The number of hydrogen-bond acceptors (Lipinski definition) is 5. The topological polar surface area (TPSA) is 117 Å². The van der Waals surface area contributed by atoms with Crippen molar-refractivity contribution in [3.05, 3.63) is 66.2 Å². The van der Waals surface area contributed by atoms with Crippen molar-refractivity contribution in [2.45, 2.75) is 13.0 Å². The first-order valence-electron chi connectivity index (χ1n) is 6.80. The molecule has 0 aliphatic carbocycles. The Kier molecular flexibility index (Phi) is 7.67. The van der Waals surface area contributed by atoms with E-state index >= 15 is 0 Å². The summed E-state index contributed by atoms with van der Waals surface area (Å²) in [5.74, 6) is -1.24. The van der Waals surface area contributed by atoms with E-state index in [4.69, 9.17) is 10.8 Å². The number of amides is 1. The fourth-order valence-electron chi connectivity index (χ4n) is 1.28. The number of nitrogens with zero attached hydrogens (tertiary/aromatic N) is 2. The minimum absolute atomic E-state index is 0.273. The molecule has 2 aromatic rings. The number of nitrogens with one attached hydrogen (secondary N) is 1. The lowest BCUT2D eigenvalue weighted by atomic mass is 10.2. The lowest BCUT2D eigenvalue weighted by molar-refractivity contribution is -0.138. The number of nitrogens with two attached hydrogens (primary N) is 1. The summed E-state index contributed by atoms with van der Waals surface area (Å²) in [4.78, 5) is 21.1. The molecule has 0 aliphatic heterocycles. The second-order valence-electron chi connectivity index (χ2n) is 4.47. The minimum atomic E-state index is -0.963. The van der Waals surface area contributed by atoms with Crippen LogP contribution in [0.2, 0.25) is 0 Å². The Bertz CT molecular complexity index is 643. The van der Waals surface area contributed by atoms with Gasteiger partial charge in [0.1, 0.15) is 6.04 Å². The van der Waals surface area contributed by atoms with E-state index < -0.39 is 12.0 Å². The lowest BCUT2D eigenvalue weighted by Crippen LogP contribution is -2.25. The van der Waals surface area contributed by atoms with Gasteiger partial charge in [0.2, 0.25) is 0 Å². The fraction of sp³-hybridized carbons (Fsp3) is 0.125. The van der Waals surface area contributed by atoms with Gasteiger partial charge in [-0.3, -0.25) is 9.59 Å². The zero-order valence-corrected chi connectivity index (χ0v) is 12.6. The molecule has 120 valence electrons. The molecule has 2 rings (SSSR count). The molecule has 2 aromatic carbocycles. The van der Waals surface area contributed by atoms with Crippen LogP contribution in [-0.4, -0.2) is 23.0 Å². The zero-order valence-electron chi connectivity index (χ0n) is 12.6. The molecule has 7 heteroatoms. The Morgan fingerprint density at radius 3 is 2.00 bits per heavy atom. The maximum Gasteiger partial charge on any atom is 0.320 e. The molecule has 0 saturated heterocycles. The largest absolute Gasteiger partial charge is 0.480 e. The van der Waals surface area contributed by atoms with Gasteiger partial charge >= 0.3 is 5.97 Å². The third-order valence-corrected chi connectivity index (χ3v) is 2.50. The Hall–Kier alpha value is -3.06. The maximum atomic E-state index is 11.6. The summed E-state index contributed by atoms with van der Waals surface area (Å²) in [5, 5.41) is 15.4. The van der Waals surface area contributed by atoms with E-state index in [9.17, 15) is 9.59 Å². The number of carboxylic acids is 1. The van der Waals surface area contributed by atoms with Crippen molar-refractivity contribution in [1.29, 1.82) is 0 Å². The van der Waals surface area contributed by atoms with Crippen molar-refractivity contribution in [3.63, 3.8) is 0 Å². The summed E-state index contributed by atoms with van der Waals surface area (Å²) in [7, 11) is 0. The van der Waals surface area contributed by atoms with Gasteiger partial charge in [-0.15, -0.1) is 5.11 Å². The first-order chi connectivity index (χ1) is 11.0. The van der Waals surface area contributed by atoms with Crippen LogP contribution in [0.15, 0.2) is 71.0 Å². The fourth-order valence-corrected chi connectivity index (χ4v) is 1.28. The van der Waals surface area contributed by atoms with Crippen molar-refractivity contribution in [2.75, 3.05) is 0 Å². The molecule has 1 unspecified atom stereocenters. The predicted molar refractivity (Wildman–Crippen MR) is 86.2 cm³/mol. The molecule has 0 saturated carbocycles. The van der Waals surface area contributed by atoms with E-state index in [0.717, 1.165) is 0 Å². The van der Waals surface area contributed by atoms with E-state index in [0.29, 0.717) is 11.3 Å². The molecule has 0 bridgehead atoms. The summed E-state index contributed by atoms with van der Waals surface area (Å²) in [5.41, 5.74) is 8.45. The van der Waals surface area contributed by atoms with Crippen molar-refractivity contribution in [1.82, 2.24) is 5.43 Å². The molecule has 0 fully saturated rings. The summed E-state index contributed by atoms with van der Waals surface area (Å²) in [6.45, 7) is 1.42. The number of carbonyl (C=O) groups excluding carboxylic acids is 1. The number of aliphatic carboxylic acids is 1. The molecular weight excluding hydrogens is 296 g/mol. The van der Waals surface area contributed by atoms with Crippen LogP contribution in [-0.2, 0) is 4.79 Å². The number of benzene rings is 2. The number of carbonyl (C=O) groups is 2. The number of rotatable bonds is 4. The first kappa shape index (κ1) is 18.0. The maximum absolute atomic E-state index is 11.6. The van der Waals surface area contributed by atoms with Crippen molar-refractivity contribution < 1.29 is 14.7 Å². The van der Waals surface area contributed by atoms with Crippen LogP contribution in [0, 0.1) is 0 Å². The first-order valence-corrected chi connectivity index (χ1v) is 6.80. The average molecular weight is 314 g/mol. The Labute approximate surface area is 133 Å². The van der Waals surface area contributed by atoms with Gasteiger partial charge in [-0.05, 0) is 31.2 Å². The molecular formula is C16H18N4O3. The number of carboxylic acid groups (broad SMARTS) is 1. The standard InChI is InChI=1S/C13H11N3O.C3H7NO2/c17-13(11-7-3-1-4-8-11)15-16-14-12-9-5-2-6-10-12;1-2(4)3(5)6/h1-10H,(H,14,15,17);2H,4H2,1H3,(H,5,6). The summed E-state index contributed by atoms with van der Waals surface area (Å²) < 4.78 is 0. The van der Waals surface area contributed by atoms with E-state index in [-0.39, 0.29) is 5.91 Å². The highest BCUT2D eigenvalue weighted by Crippen LogP contribution is 2.09. The average Bonchev–Trinajstić information content (AvgIpc) is 2.57. The molecule has 0 aromatic heterocycles. The highest BCUT2D eigenvalue weighted by Gasteiger charge is 2.01. The van der Waals surface area contributed by atoms with Gasteiger partial charge in [0.25, 0.3) is 5.91 Å². The molecule has 0 aliphatic rings. The normalized spacial score (nSPS) is 11.2. The number of hydrogen-bond donors (Lipinski definition) is 3. The quantitative estimate of drug-likeness (QED) is 0.593. The third kappa shape index (κ3) is 7.49.